The summed E-state index contributed by atoms with van der Waals surface area (Å²) < 4.78 is 24.2. The summed E-state index contributed by atoms with van der Waals surface area (Å²) >= 11 is 0. The molecule has 2 aromatic rings. The number of nitrogens with zero attached hydrogens (tertiary/aromatic N) is 1. The molecule has 0 saturated carbocycles. The molecule has 2 heterocycles. The van der Waals surface area contributed by atoms with Gasteiger partial charge in [-0.3, -0.25) is 4.79 Å². The smallest absolute Gasteiger partial charge is 0.257 e. The number of ether oxygens (including phenoxy) is 2. The number of carbonyl (C=O) groups excluding carboxylic acids is 1. The van der Waals surface area contributed by atoms with Crippen LogP contribution in [-0.2, 0) is 6.42 Å². The average molecular weight is 341 g/mol. The van der Waals surface area contributed by atoms with Crippen LogP contribution in [0.1, 0.15) is 22.3 Å². The number of halogens is 1. The molecule has 1 atom stereocenters. The number of fused-ring (bicyclic) bond motifs is 1. The SMILES string of the molecule is O=C(c1cccc2c1OCCO2)N1CCC(Cc2ccc(F)cc2)C1. The largest absolute Gasteiger partial charge is 0.486 e. The first-order chi connectivity index (χ1) is 12.2. The van der Waals surface area contributed by atoms with E-state index in [1.165, 1.54) is 12.1 Å². The van der Waals surface area contributed by atoms with Crippen LogP contribution in [0.5, 0.6) is 11.5 Å². The van der Waals surface area contributed by atoms with Gasteiger partial charge in [0.05, 0.1) is 5.56 Å². The van der Waals surface area contributed by atoms with Crippen LogP contribution < -0.4 is 9.47 Å². The summed E-state index contributed by atoms with van der Waals surface area (Å²) in [6.07, 6.45) is 1.81. The Morgan fingerprint density at radius 2 is 1.92 bits per heavy atom. The van der Waals surface area contributed by atoms with Crippen LogP contribution >= 0.6 is 0 Å². The molecule has 0 radical (unpaired) electrons. The van der Waals surface area contributed by atoms with Gasteiger partial charge in [-0.2, -0.15) is 0 Å². The van der Waals surface area contributed by atoms with E-state index in [9.17, 15) is 9.18 Å². The van der Waals surface area contributed by atoms with Gasteiger partial charge in [0.15, 0.2) is 11.5 Å². The van der Waals surface area contributed by atoms with Crippen molar-refractivity contribution in [2.45, 2.75) is 12.8 Å². The first-order valence-corrected chi connectivity index (χ1v) is 8.63. The summed E-state index contributed by atoms with van der Waals surface area (Å²) in [4.78, 5) is 14.8. The third-order valence-corrected chi connectivity index (χ3v) is 4.81. The van der Waals surface area contributed by atoms with Gasteiger partial charge in [0.2, 0.25) is 0 Å². The maximum absolute atomic E-state index is 13.0. The van der Waals surface area contributed by atoms with Gasteiger partial charge in [-0.15, -0.1) is 0 Å². The minimum atomic E-state index is -0.219. The molecule has 130 valence electrons. The van der Waals surface area contributed by atoms with Crippen LogP contribution in [0.25, 0.3) is 0 Å². The molecule has 0 bridgehead atoms. The van der Waals surface area contributed by atoms with Crippen molar-refractivity contribution >= 4 is 5.91 Å². The number of amides is 1. The summed E-state index contributed by atoms with van der Waals surface area (Å²) in [5.74, 6) is 1.36. The molecule has 4 rings (SSSR count). The normalized spacial score (nSPS) is 19.1. The van der Waals surface area contributed by atoms with Gasteiger partial charge in [0.25, 0.3) is 5.91 Å². The molecular weight excluding hydrogens is 321 g/mol. The van der Waals surface area contributed by atoms with E-state index in [0.29, 0.717) is 42.7 Å². The van der Waals surface area contributed by atoms with Gasteiger partial charge < -0.3 is 14.4 Å². The molecule has 0 aliphatic carbocycles. The second-order valence-corrected chi connectivity index (χ2v) is 6.57. The van der Waals surface area contributed by atoms with Crippen molar-refractivity contribution in [3.8, 4) is 11.5 Å². The summed E-state index contributed by atoms with van der Waals surface area (Å²) in [5.41, 5.74) is 1.68. The molecule has 1 unspecified atom stereocenters. The molecule has 0 spiro atoms. The van der Waals surface area contributed by atoms with Gasteiger partial charge >= 0.3 is 0 Å². The zero-order valence-electron chi connectivity index (χ0n) is 13.9. The maximum Gasteiger partial charge on any atom is 0.257 e. The predicted molar refractivity (Wildman–Crippen MR) is 91.5 cm³/mol. The van der Waals surface area contributed by atoms with Crippen LogP contribution in [0.4, 0.5) is 4.39 Å². The molecule has 1 saturated heterocycles. The average Bonchev–Trinajstić information content (AvgIpc) is 3.11. The lowest BCUT2D eigenvalue weighted by molar-refractivity contribution is 0.0776. The highest BCUT2D eigenvalue weighted by atomic mass is 19.1. The van der Waals surface area contributed by atoms with E-state index in [1.807, 2.05) is 29.2 Å². The number of rotatable bonds is 3. The number of para-hydroxylation sites is 1. The number of hydrogen-bond acceptors (Lipinski definition) is 3. The molecule has 25 heavy (non-hydrogen) atoms. The third kappa shape index (κ3) is 3.31. The Morgan fingerprint density at radius 1 is 1.12 bits per heavy atom. The fraction of sp³-hybridized carbons (Fsp3) is 0.350. The Kier molecular flexibility index (Phi) is 4.30. The van der Waals surface area contributed by atoms with Crippen molar-refractivity contribution in [2.24, 2.45) is 5.92 Å². The monoisotopic (exact) mass is 341 g/mol. The molecule has 0 aromatic heterocycles. The van der Waals surface area contributed by atoms with E-state index in [2.05, 4.69) is 0 Å². The standard InChI is InChI=1S/C20H20FNO3/c21-16-6-4-14(5-7-16)12-15-8-9-22(13-15)20(23)17-2-1-3-18-19(17)25-11-10-24-18/h1-7,15H,8-13H2. The Morgan fingerprint density at radius 3 is 2.76 bits per heavy atom. The maximum atomic E-state index is 13.0. The number of hydrogen-bond donors (Lipinski definition) is 0. The topological polar surface area (TPSA) is 38.8 Å². The number of benzene rings is 2. The highest BCUT2D eigenvalue weighted by molar-refractivity contribution is 5.98. The van der Waals surface area contributed by atoms with E-state index in [1.54, 1.807) is 6.07 Å². The first-order valence-electron chi connectivity index (χ1n) is 8.63. The van der Waals surface area contributed by atoms with E-state index < -0.39 is 0 Å². The number of carbonyl (C=O) groups is 1. The summed E-state index contributed by atoms with van der Waals surface area (Å²) in [7, 11) is 0. The molecule has 4 nitrogen and oxygen atoms in total. The molecule has 5 heteroatoms. The molecule has 2 aromatic carbocycles. The van der Waals surface area contributed by atoms with Gasteiger partial charge in [-0.1, -0.05) is 18.2 Å². The molecule has 0 N–H and O–H groups in total. The van der Waals surface area contributed by atoms with Gasteiger partial charge in [-0.05, 0) is 48.6 Å². The second-order valence-electron chi connectivity index (χ2n) is 6.57. The minimum absolute atomic E-state index is 0.0102. The fourth-order valence-corrected chi connectivity index (χ4v) is 3.55. The van der Waals surface area contributed by atoms with Crippen LogP contribution in [0, 0.1) is 11.7 Å². The van der Waals surface area contributed by atoms with Crippen LogP contribution in [0.15, 0.2) is 42.5 Å². The lowest BCUT2D eigenvalue weighted by Crippen LogP contribution is -2.30. The van der Waals surface area contributed by atoms with Crippen molar-refractivity contribution in [3.63, 3.8) is 0 Å². The van der Waals surface area contributed by atoms with E-state index in [4.69, 9.17) is 9.47 Å². The fourth-order valence-electron chi connectivity index (χ4n) is 3.55. The quantitative estimate of drug-likeness (QED) is 0.860. The van der Waals surface area contributed by atoms with Crippen LogP contribution in [0.3, 0.4) is 0 Å². The second kappa shape index (κ2) is 6.75. The highest BCUT2D eigenvalue weighted by Gasteiger charge is 2.30. The number of likely N-dealkylation sites (tertiary alicyclic amines) is 1. The summed E-state index contributed by atoms with van der Waals surface area (Å²) in [5, 5.41) is 0. The summed E-state index contributed by atoms with van der Waals surface area (Å²) in [6, 6.07) is 12.1. The van der Waals surface area contributed by atoms with E-state index >= 15 is 0 Å². The van der Waals surface area contributed by atoms with Crippen molar-refractivity contribution in [3.05, 3.63) is 59.4 Å². The Hall–Kier alpha value is -2.56. The molecule has 2 aliphatic heterocycles. The molecular formula is C20H20FNO3. The zero-order valence-corrected chi connectivity index (χ0v) is 13.9. The first kappa shape index (κ1) is 15.9. The van der Waals surface area contributed by atoms with Crippen molar-refractivity contribution in [1.82, 2.24) is 4.90 Å². The third-order valence-electron chi connectivity index (χ3n) is 4.81. The lowest BCUT2D eigenvalue weighted by atomic mass is 9.99. The molecule has 1 fully saturated rings. The van der Waals surface area contributed by atoms with E-state index in [-0.39, 0.29) is 11.7 Å². The minimum Gasteiger partial charge on any atom is -0.486 e. The highest BCUT2D eigenvalue weighted by Crippen LogP contribution is 2.35. The Balaban J connectivity index is 1.45. The predicted octanol–water partition coefficient (Wildman–Crippen LogP) is 3.30. The van der Waals surface area contributed by atoms with Gasteiger partial charge in [-0.25, -0.2) is 4.39 Å². The van der Waals surface area contributed by atoms with Crippen molar-refractivity contribution in [2.75, 3.05) is 26.3 Å². The van der Waals surface area contributed by atoms with Crippen molar-refractivity contribution in [1.29, 1.82) is 0 Å². The Bertz CT molecular complexity index is 775. The Labute approximate surface area is 146 Å². The van der Waals surface area contributed by atoms with E-state index in [0.717, 1.165) is 24.9 Å². The van der Waals surface area contributed by atoms with Crippen molar-refractivity contribution < 1.29 is 18.7 Å². The summed E-state index contributed by atoms with van der Waals surface area (Å²) in [6.45, 7) is 2.41. The lowest BCUT2D eigenvalue weighted by Gasteiger charge is -2.23. The van der Waals surface area contributed by atoms with Crippen LogP contribution in [-0.4, -0.2) is 37.1 Å². The zero-order chi connectivity index (χ0) is 17.2. The van der Waals surface area contributed by atoms with Gasteiger partial charge in [0.1, 0.15) is 19.0 Å². The molecule has 1 amide bonds. The molecule has 2 aliphatic rings. The van der Waals surface area contributed by atoms with Crippen LogP contribution in [0.2, 0.25) is 0 Å². The van der Waals surface area contributed by atoms with Gasteiger partial charge in [0, 0.05) is 13.1 Å².